The van der Waals surface area contributed by atoms with E-state index in [1.54, 1.807) is 0 Å². The van der Waals surface area contributed by atoms with E-state index in [9.17, 15) is 39.5 Å². The summed E-state index contributed by atoms with van der Waals surface area (Å²) >= 11 is 0. The first-order valence-corrected chi connectivity index (χ1v) is 3.59. The Hall–Kier alpha value is -0.670. The van der Waals surface area contributed by atoms with E-state index in [4.69, 9.17) is 0 Å². The average Bonchev–Trinajstić information content (AvgIpc) is 1.98. The van der Waals surface area contributed by atoms with Gasteiger partial charge in [0.05, 0.1) is 0 Å². The summed E-state index contributed by atoms with van der Waals surface area (Å²) in [6, 6.07) is 0. The predicted molar refractivity (Wildman–Crippen MR) is 32.8 cm³/mol. The SMILES string of the molecule is FC(C(F)(F)F)C(F)(F)COCC(F)(F)F. The maximum absolute atomic E-state index is 12.3. The Morgan fingerprint density at radius 3 is 1.56 bits per heavy atom. The number of hydrogen-bond donors (Lipinski definition) is 0. The highest BCUT2D eigenvalue weighted by Crippen LogP contribution is 2.35. The Balaban J connectivity index is 4.25. The minimum absolute atomic E-state index is 2.17. The van der Waals surface area contributed by atoms with Crippen molar-refractivity contribution >= 4 is 0 Å². The van der Waals surface area contributed by atoms with Crippen molar-refractivity contribution in [1.29, 1.82) is 0 Å². The van der Waals surface area contributed by atoms with Crippen LogP contribution in [-0.2, 0) is 4.74 Å². The van der Waals surface area contributed by atoms with Crippen LogP contribution in [0.25, 0.3) is 0 Å². The summed E-state index contributed by atoms with van der Waals surface area (Å²) in [6.07, 6.45) is -15.4. The molecule has 0 aromatic heterocycles. The van der Waals surface area contributed by atoms with Gasteiger partial charge in [-0.1, -0.05) is 0 Å². The molecular formula is C6H5F9O. The molecule has 0 bridgehead atoms. The van der Waals surface area contributed by atoms with Crippen LogP contribution in [0.2, 0.25) is 0 Å². The number of ether oxygens (including phenoxy) is 1. The zero-order valence-corrected chi connectivity index (χ0v) is 7.30. The molecule has 0 aliphatic rings. The Bertz CT molecular complexity index is 217. The van der Waals surface area contributed by atoms with Crippen molar-refractivity contribution in [3.05, 3.63) is 0 Å². The third-order valence-electron chi connectivity index (χ3n) is 1.22. The fourth-order valence-electron chi connectivity index (χ4n) is 0.615. The summed E-state index contributed by atoms with van der Waals surface area (Å²) in [5, 5.41) is 0. The van der Waals surface area contributed by atoms with Gasteiger partial charge in [-0.3, -0.25) is 0 Å². The lowest BCUT2D eigenvalue weighted by atomic mass is 10.2. The Morgan fingerprint density at radius 2 is 1.25 bits per heavy atom. The fourth-order valence-corrected chi connectivity index (χ4v) is 0.615. The van der Waals surface area contributed by atoms with Crippen LogP contribution in [0.1, 0.15) is 0 Å². The van der Waals surface area contributed by atoms with Gasteiger partial charge in [-0.2, -0.15) is 26.3 Å². The van der Waals surface area contributed by atoms with Crippen molar-refractivity contribution in [2.24, 2.45) is 0 Å². The van der Waals surface area contributed by atoms with Crippen LogP contribution < -0.4 is 0 Å². The van der Waals surface area contributed by atoms with Crippen LogP contribution in [0.4, 0.5) is 39.5 Å². The summed E-state index contributed by atoms with van der Waals surface area (Å²) in [5.41, 5.74) is 0. The van der Waals surface area contributed by atoms with Crippen molar-refractivity contribution in [3.63, 3.8) is 0 Å². The van der Waals surface area contributed by atoms with Gasteiger partial charge in [-0.25, -0.2) is 13.2 Å². The van der Waals surface area contributed by atoms with Crippen molar-refractivity contribution in [3.8, 4) is 0 Å². The van der Waals surface area contributed by atoms with Crippen LogP contribution in [0.5, 0.6) is 0 Å². The Kier molecular flexibility index (Phi) is 4.48. The second-order valence-corrected chi connectivity index (χ2v) is 2.77. The zero-order valence-electron chi connectivity index (χ0n) is 7.30. The van der Waals surface area contributed by atoms with Gasteiger partial charge in [-0.15, -0.1) is 0 Å². The topological polar surface area (TPSA) is 9.23 Å². The molecular weight excluding hydrogens is 259 g/mol. The van der Waals surface area contributed by atoms with E-state index in [2.05, 4.69) is 4.74 Å². The number of alkyl halides is 9. The molecule has 0 aliphatic heterocycles. The summed E-state index contributed by atoms with van der Waals surface area (Å²) < 4.78 is 108. The minimum Gasteiger partial charge on any atom is -0.366 e. The fraction of sp³-hybridized carbons (Fsp3) is 1.00. The first-order valence-electron chi connectivity index (χ1n) is 3.59. The summed E-state index contributed by atoms with van der Waals surface area (Å²) in [7, 11) is 0. The van der Waals surface area contributed by atoms with Gasteiger partial charge in [0, 0.05) is 0 Å². The lowest BCUT2D eigenvalue weighted by molar-refractivity contribution is -0.263. The van der Waals surface area contributed by atoms with Crippen molar-refractivity contribution < 1.29 is 44.3 Å². The summed E-state index contributed by atoms with van der Waals surface area (Å²) in [4.78, 5) is 0. The van der Waals surface area contributed by atoms with Gasteiger partial charge in [0.1, 0.15) is 13.2 Å². The van der Waals surface area contributed by atoms with Gasteiger partial charge in [-0.05, 0) is 0 Å². The molecule has 0 spiro atoms. The molecule has 0 aromatic rings. The molecule has 0 saturated heterocycles. The van der Waals surface area contributed by atoms with Crippen LogP contribution in [0.3, 0.4) is 0 Å². The normalized spacial score (nSPS) is 16.3. The molecule has 0 fully saturated rings. The monoisotopic (exact) mass is 264 g/mol. The second kappa shape index (κ2) is 4.68. The van der Waals surface area contributed by atoms with Crippen LogP contribution in [-0.4, -0.2) is 37.7 Å². The molecule has 1 nitrogen and oxygen atoms in total. The van der Waals surface area contributed by atoms with Gasteiger partial charge in [0.2, 0.25) is 0 Å². The third-order valence-corrected chi connectivity index (χ3v) is 1.22. The zero-order chi connectivity index (χ0) is 13.2. The van der Waals surface area contributed by atoms with Gasteiger partial charge in [0.15, 0.2) is 0 Å². The molecule has 1 atom stereocenters. The molecule has 0 heterocycles. The van der Waals surface area contributed by atoms with Crippen molar-refractivity contribution in [2.75, 3.05) is 13.2 Å². The van der Waals surface area contributed by atoms with E-state index in [1.165, 1.54) is 0 Å². The quantitative estimate of drug-likeness (QED) is 0.709. The standard InChI is InChI=1S/C6H5F9O/c7-3(6(13,14)15)4(8,9)1-16-2-5(10,11)12/h3H,1-2H2. The molecule has 1 unspecified atom stereocenters. The molecule has 16 heavy (non-hydrogen) atoms. The lowest BCUT2D eigenvalue weighted by Gasteiger charge is -2.22. The van der Waals surface area contributed by atoms with Crippen LogP contribution >= 0.6 is 0 Å². The first-order chi connectivity index (χ1) is 6.86. The highest BCUT2D eigenvalue weighted by Gasteiger charge is 2.57. The Morgan fingerprint density at radius 1 is 0.812 bits per heavy atom. The van der Waals surface area contributed by atoms with E-state index >= 15 is 0 Å². The van der Waals surface area contributed by atoms with Gasteiger partial charge < -0.3 is 4.74 Å². The van der Waals surface area contributed by atoms with E-state index in [0.717, 1.165) is 0 Å². The molecule has 98 valence electrons. The molecule has 0 saturated carbocycles. The highest BCUT2D eigenvalue weighted by molar-refractivity contribution is 4.82. The molecule has 0 aromatic carbocycles. The maximum atomic E-state index is 12.3. The van der Waals surface area contributed by atoms with Crippen molar-refractivity contribution in [1.82, 2.24) is 0 Å². The number of hydrogen-bond acceptors (Lipinski definition) is 1. The Labute approximate surface area is 83.2 Å². The summed E-state index contributed by atoms with van der Waals surface area (Å²) in [5.74, 6) is -5.05. The second-order valence-electron chi connectivity index (χ2n) is 2.77. The largest absolute Gasteiger partial charge is 0.425 e. The predicted octanol–water partition coefficient (Wildman–Crippen LogP) is 3.10. The molecule has 0 N–H and O–H groups in total. The maximum Gasteiger partial charge on any atom is 0.425 e. The first kappa shape index (κ1) is 15.3. The summed E-state index contributed by atoms with van der Waals surface area (Å²) in [6.45, 7) is -4.47. The van der Waals surface area contributed by atoms with E-state index in [1.807, 2.05) is 0 Å². The molecule has 0 rings (SSSR count). The number of halogens is 9. The average molecular weight is 264 g/mol. The number of rotatable bonds is 4. The molecule has 0 aliphatic carbocycles. The van der Waals surface area contributed by atoms with E-state index in [0.29, 0.717) is 0 Å². The highest BCUT2D eigenvalue weighted by atomic mass is 19.4. The minimum atomic E-state index is -5.86. The molecule has 0 amide bonds. The van der Waals surface area contributed by atoms with Gasteiger partial charge >= 0.3 is 18.3 Å². The third kappa shape index (κ3) is 5.42. The van der Waals surface area contributed by atoms with Crippen LogP contribution in [0, 0.1) is 0 Å². The molecule has 0 radical (unpaired) electrons. The van der Waals surface area contributed by atoms with E-state index in [-0.39, 0.29) is 0 Å². The molecule has 10 heteroatoms. The van der Waals surface area contributed by atoms with Crippen LogP contribution in [0.15, 0.2) is 0 Å². The van der Waals surface area contributed by atoms with Gasteiger partial charge in [0.25, 0.3) is 6.17 Å². The van der Waals surface area contributed by atoms with Crippen molar-refractivity contribution in [2.45, 2.75) is 24.4 Å². The smallest absolute Gasteiger partial charge is 0.366 e. The lowest BCUT2D eigenvalue weighted by Crippen LogP contribution is -2.45. The van der Waals surface area contributed by atoms with E-state index < -0.39 is 37.7 Å².